The largest absolute Gasteiger partial charge is 0.496 e. The van der Waals surface area contributed by atoms with E-state index in [0.717, 1.165) is 19.9 Å². The fourth-order valence-corrected chi connectivity index (χ4v) is 1.82. The molecule has 0 aliphatic carbocycles. The highest BCUT2D eigenvalue weighted by molar-refractivity contribution is 14.1. The van der Waals surface area contributed by atoms with Crippen LogP contribution in [0.15, 0.2) is 12.1 Å². The van der Waals surface area contributed by atoms with Crippen molar-refractivity contribution in [3.8, 4) is 5.75 Å². The van der Waals surface area contributed by atoms with Gasteiger partial charge in [-0.15, -0.1) is 0 Å². The number of methoxy groups -OCH3 is 1. The van der Waals surface area contributed by atoms with E-state index in [4.69, 9.17) is 16.3 Å². The van der Waals surface area contributed by atoms with Gasteiger partial charge in [-0.05, 0) is 41.6 Å². The first-order valence-corrected chi connectivity index (χ1v) is 4.60. The highest BCUT2D eigenvalue weighted by atomic mass is 127. The van der Waals surface area contributed by atoms with Crippen molar-refractivity contribution in [3.63, 3.8) is 0 Å². The molecule has 1 rings (SSSR count). The van der Waals surface area contributed by atoms with Gasteiger partial charge in [-0.1, -0.05) is 11.6 Å². The average molecular weight is 283 g/mol. The summed E-state index contributed by atoms with van der Waals surface area (Å²) in [4.78, 5) is 0. The summed E-state index contributed by atoms with van der Waals surface area (Å²) in [5.74, 6) is 0.849. The number of ether oxygens (including phenoxy) is 1. The Morgan fingerprint density at radius 1 is 1.45 bits per heavy atom. The van der Waals surface area contributed by atoms with E-state index >= 15 is 0 Å². The van der Waals surface area contributed by atoms with Gasteiger partial charge in [0.25, 0.3) is 0 Å². The summed E-state index contributed by atoms with van der Waals surface area (Å²) in [5.41, 5.74) is 0.995. The summed E-state index contributed by atoms with van der Waals surface area (Å²) in [6.45, 7) is 1.94. The summed E-state index contributed by atoms with van der Waals surface area (Å²) >= 11 is 8.12. The first-order chi connectivity index (χ1) is 5.15. The zero-order chi connectivity index (χ0) is 8.43. The minimum absolute atomic E-state index is 0.758. The second-order valence-corrected chi connectivity index (χ2v) is 3.87. The first-order valence-electron chi connectivity index (χ1n) is 3.15. The number of hydrogen-bond acceptors (Lipinski definition) is 1. The molecule has 0 saturated carbocycles. The van der Waals surface area contributed by atoms with E-state index in [1.807, 2.05) is 19.1 Å². The number of rotatable bonds is 1. The molecule has 0 N–H and O–H groups in total. The van der Waals surface area contributed by atoms with E-state index < -0.39 is 0 Å². The quantitative estimate of drug-likeness (QED) is 0.718. The third-order valence-electron chi connectivity index (χ3n) is 1.48. The second kappa shape index (κ2) is 3.63. The lowest BCUT2D eigenvalue weighted by molar-refractivity contribution is 0.411. The molecule has 11 heavy (non-hydrogen) atoms. The van der Waals surface area contributed by atoms with Crippen LogP contribution < -0.4 is 4.74 Å². The zero-order valence-electron chi connectivity index (χ0n) is 6.32. The standard InChI is InChI=1S/C8H8ClIO/c1-5-7(9)3-6(10)4-8(5)11-2/h3-4H,1-2H3. The smallest absolute Gasteiger partial charge is 0.124 e. The van der Waals surface area contributed by atoms with Crippen molar-refractivity contribution >= 4 is 34.2 Å². The Labute approximate surface area is 84.8 Å². The third-order valence-corrected chi connectivity index (χ3v) is 2.50. The van der Waals surface area contributed by atoms with E-state index in [1.54, 1.807) is 7.11 Å². The van der Waals surface area contributed by atoms with Crippen LogP contribution in [0.1, 0.15) is 5.56 Å². The summed E-state index contributed by atoms with van der Waals surface area (Å²) in [6.07, 6.45) is 0. The monoisotopic (exact) mass is 282 g/mol. The van der Waals surface area contributed by atoms with E-state index in [9.17, 15) is 0 Å². The van der Waals surface area contributed by atoms with E-state index in [1.165, 1.54) is 0 Å². The molecule has 60 valence electrons. The number of hydrogen-bond donors (Lipinski definition) is 0. The van der Waals surface area contributed by atoms with Gasteiger partial charge in [0, 0.05) is 14.2 Å². The minimum Gasteiger partial charge on any atom is -0.496 e. The highest BCUT2D eigenvalue weighted by Crippen LogP contribution is 2.27. The molecule has 0 atom stereocenters. The summed E-state index contributed by atoms with van der Waals surface area (Å²) in [5, 5.41) is 0.758. The SMILES string of the molecule is COc1cc(I)cc(Cl)c1C. The van der Waals surface area contributed by atoms with Gasteiger partial charge in [0.2, 0.25) is 0 Å². The van der Waals surface area contributed by atoms with Crippen LogP contribution in [0.25, 0.3) is 0 Å². The fourth-order valence-electron chi connectivity index (χ4n) is 0.834. The van der Waals surface area contributed by atoms with Crippen LogP contribution in [0.2, 0.25) is 5.02 Å². The Balaban J connectivity index is 3.24. The third kappa shape index (κ3) is 1.99. The molecule has 1 aromatic rings. The Hall–Kier alpha value is 0.0400. The van der Waals surface area contributed by atoms with Gasteiger partial charge in [-0.2, -0.15) is 0 Å². The van der Waals surface area contributed by atoms with Gasteiger partial charge in [-0.3, -0.25) is 0 Å². The van der Waals surface area contributed by atoms with Gasteiger partial charge in [0.1, 0.15) is 5.75 Å². The molecular weight excluding hydrogens is 274 g/mol. The van der Waals surface area contributed by atoms with Gasteiger partial charge in [-0.25, -0.2) is 0 Å². The Bertz CT molecular complexity index is 273. The zero-order valence-corrected chi connectivity index (χ0v) is 9.23. The van der Waals surface area contributed by atoms with Crippen molar-refractivity contribution in [1.82, 2.24) is 0 Å². The molecule has 0 aliphatic heterocycles. The van der Waals surface area contributed by atoms with Crippen LogP contribution in [0.3, 0.4) is 0 Å². The van der Waals surface area contributed by atoms with Crippen molar-refractivity contribution in [2.45, 2.75) is 6.92 Å². The molecule has 0 spiro atoms. The Morgan fingerprint density at radius 3 is 2.64 bits per heavy atom. The second-order valence-electron chi connectivity index (χ2n) is 2.21. The molecule has 0 amide bonds. The topological polar surface area (TPSA) is 9.23 Å². The molecule has 0 saturated heterocycles. The van der Waals surface area contributed by atoms with Gasteiger partial charge in [0.15, 0.2) is 0 Å². The summed E-state index contributed by atoms with van der Waals surface area (Å²) in [7, 11) is 1.65. The van der Waals surface area contributed by atoms with Crippen LogP contribution in [0.4, 0.5) is 0 Å². The minimum atomic E-state index is 0.758. The Morgan fingerprint density at radius 2 is 2.09 bits per heavy atom. The predicted molar refractivity (Wildman–Crippen MR) is 55.5 cm³/mol. The maximum Gasteiger partial charge on any atom is 0.124 e. The summed E-state index contributed by atoms with van der Waals surface area (Å²) in [6, 6.07) is 3.88. The predicted octanol–water partition coefficient (Wildman–Crippen LogP) is 3.26. The Kier molecular flexibility index (Phi) is 3.01. The lowest BCUT2D eigenvalue weighted by Crippen LogP contribution is -1.88. The molecular formula is C8H8ClIO. The van der Waals surface area contributed by atoms with Crippen LogP contribution in [0, 0.1) is 10.5 Å². The van der Waals surface area contributed by atoms with E-state index in [-0.39, 0.29) is 0 Å². The molecule has 0 radical (unpaired) electrons. The van der Waals surface area contributed by atoms with E-state index in [0.29, 0.717) is 0 Å². The van der Waals surface area contributed by atoms with Crippen LogP contribution in [-0.4, -0.2) is 7.11 Å². The summed E-state index contributed by atoms with van der Waals surface area (Å²) < 4.78 is 6.21. The maximum absolute atomic E-state index is 5.91. The normalized spacial score (nSPS) is 9.82. The lowest BCUT2D eigenvalue weighted by atomic mass is 10.2. The maximum atomic E-state index is 5.91. The molecule has 0 fully saturated rings. The molecule has 0 bridgehead atoms. The lowest BCUT2D eigenvalue weighted by Gasteiger charge is -2.06. The molecule has 1 nitrogen and oxygen atoms in total. The van der Waals surface area contributed by atoms with Gasteiger partial charge in [0.05, 0.1) is 7.11 Å². The van der Waals surface area contributed by atoms with Crippen molar-refractivity contribution in [3.05, 3.63) is 26.3 Å². The molecule has 0 heterocycles. The molecule has 0 aromatic heterocycles. The van der Waals surface area contributed by atoms with Crippen molar-refractivity contribution in [2.75, 3.05) is 7.11 Å². The van der Waals surface area contributed by atoms with Gasteiger partial charge >= 0.3 is 0 Å². The van der Waals surface area contributed by atoms with Crippen molar-refractivity contribution < 1.29 is 4.74 Å². The molecule has 0 unspecified atom stereocenters. The van der Waals surface area contributed by atoms with Crippen molar-refractivity contribution in [2.24, 2.45) is 0 Å². The number of halogens is 2. The first kappa shape index (κ1) is 9.13. The van der Waals surface area contributed by atoms with Crippen LogP contribution in [0.5, 0.6) is 5.75 Å². The van der Waals surface area contributed by atoms with Gasteiger partial charge < -0.3 is 4.74 Å². The van der Waals surface area contributed by atoms with E-state index in [2.05, 4.69) is 22.6 Å². The van der Waals surface area contributed by atoms with Crippen LogP contribution >= 0.6 is 34.2 Å². The highest BCUT2D eigenvalue weighted by Gasteiger charge is 2.03. The average Bonchev–Trinajstić information content (AvgIpc) is 1.96. The van der Waals surface area contributed by atoms with Crippen molar-refractivity contribution in [1.29, 1.82) is 0 Å². The molecule has 3 heteroatoms. The molecule has 0 aliphatic rings. The molecule has 1 aromatic carbocycles. The number of benzene rings is 1. The van der Waals surface area contributed by atoms with Crippen LogP contribution in [-0.2, 0) is 0 Å². The fraction of sp³-hybridized carbons (Fsp3) is 0.250.